The minimum absolute atomic E-state index is 0.101. The van der Waals surface area contributed by atoms with Crippen LogP contribution in [0.25, 0.3) is 0 Å². The molecule has 2 rings (SSSR count). The maximum absolute atomic E-state index is 12.6. The number of hydrogen-bond donors (Lipinski definition) is 0. The van der Waals surface area contributed by atoms with Crippen LogP contribution in [-0.2, 0) is 10.0 Å². The molecule has 0 unspecified atom stereocenters. The molecule has 0 N–H and O–H groups in total. The Balaban J connectivity index is 2.48. The normalized spacial score (nSPS) is 11.6. The van der Waals surface area contributed by atoms with Gasteiger partial charge in [0.25, 0.3) is 10.0 Å². The maximum Gasteiger partial charge on any atom is 0.283 e. The lowest BCUT2D eigenvalue weighted by atomic mass is 10.3. The summed E-state index contributed by atoms with van der Waals surface area (Å²) in [6, 6.07) is 6.11. The zero-order chi connectivity index (χ0) is 15.6. The van der Waals surface area contributed by atoms with Gasteiger partial charge in [0.1, 0.15) is 5.75 Å². The Morgan fingerprint density at radius 3 is 2.57 bits per heavy atom. The van der Waals surface area contributed by atoms with Crippen LogP contribution < -0.4 is 4.74 Å². The predicted octanol–water partition coefficient (Wildman–Crippen LogP) is 3.18. The van der Waals surface area contributed by atoms with E-state index in [9.17, 15) is 8.42 Å². The van der Waals surface area contributed by atoms with Gasteiger partial charge in [0.05, 0.1) is 27.9 Å². The van der Waals surface area contributed by atoms with E-state index in [1.807, 2.05) is 6.92 Å². The maximum atomic E-state index is 12.6. The average Bonchev–Trinajstić information content (AvgIpc) is 2.77. The van der Waals surface area contributed by atoms with Gasteiger partial charge in [-0.25, -0.2) is 0 Å². The van der Waals surface area contributed by atoms with Crippen molar-refractivity contribution in [1.29, 1.82) is 0 Å². The lowest BCUT2D eigenvalue weighted by Gasteiger charge is -2.10. The van der Waals surface area contributed by atoms with Crippen LogP contribution in [0.15, 0.2) is 29.2 Å². The Morgan fingerprint density at radius 2 is 2.00 bits per heavy atom. The van der Waals surface area contributed by atoms with E-state index in [-0.39, 0.29) is 4.90 Å². The van der Waals surface area contributed by atoms with Crippen LogP contribution >= 0.6 is 11.6 Å². The van der Waals surface area contributed by atoms with Gasteiger partial charge in [-0.2, -0.15) is 17.6 Å². The molecule has 21 heavy (non-hydrogen) atoms. The second-order valence-electron chi connectivity index (χ2n) is 4.72. The van der Waals surface area contributed by atoms with E-state index >= 15 is 0 Å². The molecule has 0 fully saturated rings. The molecule has 5 nitrogen and oxygen atoms in total. The summed E-state index contributed by atoms with van der Waals surface area (Å²) in [6.07, 6.45) is 0.810. The van der Waals surface area contributed by atoms with Crippen molar-refractivity contribution in [1.82, 2.24) is 9.19 Å². The van der Waals surface area contributed by atoms with E-state index in [4.69, 9.17) is 16.3 Å². The minimum Gasteiger partial charge on any atom is -0.492 e. The van der Waals surface area contributed by atoms with Crippen molar-refractivity contribution in [3.63, 3.8) is 0 Å². The van der Waals surface area contributed by atoms with Crippen molar-refractivity contribution >= 4 is 21.6 Å². The Morgan fingerprint density at radius 1 is 1.29 bits per heavy atom. The molecule has 0 radical (unpaired) electrons. The Labute approximate surface area is 129 Å². The zero-order valence-corrected chi connectivity index (χ0v) is 13.7. The fourth-order valence-corrected chi connectivity index (χ4v) is 3.45. The highest BCUT2D eigenvalue weighted by Crippen LogP contribution is 2.28. The van der Waals surface area contributed by atoms with Gasteiger partial charge in [-0.1, -0.05) is 18.5 Å². The molecule has 2 aromatic rings. The van der Waals surface area contributed by atoms with Gasteiger partial charge < -0.3 is 4.74 Å². The lowest BCUT2D eigenvalue weighted by Crippen LogP contribution is -2.16. The third kappa shape index (κ3) is 3.22. The summed E-state index contributed by atoms with van der Waals surface area (Å²) in [5.41, 5.74) is 1.20. The molecule has 0 amide bonds. The molecule has 7 heteroatoms. The van der Waals surface area contributed by atoms with Crippen LogP contribution in [0.2, 0.25) is 5.02 Å². The van der Waals surface area contributed by atoms with Crippen molar-refractivity contribution in [3.8, 4) is 5.75 Å². The van der Waals surface area contributed by atoms with E-state index in [0.29, 0.717) is 28.8 Å². The highest BCUT2D eigenvalue weighted by molar-refractivity contribution is 7.89. The van der Waals surface area contributed by atoms with E-state index < -0.39 is 10.0 Å². The standard InChI is InChI=1S/C14H17ClN2O3S/c1-4-7-20-14-9-12(5-6-13(14)15)21(18,19)17-11(3)8-10(2)16-17/h5-6,8-9H,4,7H2,1-3H3. The molecule has 0 spiro atoms. The highest BCUT2D eigenvalue weighted by atomic mass is 35.5. The van der Waals surface area contributed by atoms with Gasteiger partial charge in [-0.3, -0.25) is 0 Å². The van der Waals surface area contributed by atoms with Crippen molar-refractivity contribution in [2.24, 2.45) is 0 Å². The molecule has 114 valence electrons. The zero-order valence-electron chi connectivity index (χ0n) is 12.1. The van der Waals surface area contributed by atoms with Crippen LogP contribution in [0.5, 0.6) is 5.75 Å². The first-order valence-electron chi connectivity index (χ1n) is 6.57. The van der Waals surface area contributed by atoms with Crippen molar-refractivity contribution in [2.75, 3.05) is 6.61 Å². The summed E-state index contributed by atoms with van der Waals surface area (Å²) in [6.45, 7) is 5.88. The summed E-state index contributed by atoms with van der Waals surface area (Å²) < 4.78 is 31.7. The molecule has 1 heterocycles. The monoisotopic (exact) mass is 328 g/mol. The first-order valence-corrected chi connectivity index (χ1v) is 8.39. The second kappa shape index (κ2) is 6.07. The van der Waals surface area contributed by atoms with Gasteiger partial charge in [-0.05, 0) is 38.5 Å². The van der Waals surface area contributed by atoms with E-state index in [1.165, 1.54) is 18.2 Å². The summed E-state index contributed by atoms with van der Waals surface area (Å²) in [4.78, 5) is 0.101. The topological polar surface area (TPSA) is 61.2 Å². The van der Waals surface area contributed by atoms with Gasteiger partial charge in [-0.15, -0.1) is 0 Å². The third-order valence-corrected chi connectivity index (χ3v) is 4.84. The third-order valence-electron chi connectivity index (χ3n) is 2.86. The molecule has 0 bridgehead atoms. The molecule has 0 saturated carbocycles. The van der Waals surface area contributed by atoms with Gasteiger partial charge in [0.2, 0.25) is 0 Å². The quantitative estimate of drug-likeness (QED) is 0.845. The molecular weight excluding hydrogens is 312 g/mol. The van der Waals surface area contributed by atoms with Gasteiger partial charge in [0.15, 0.2) is 0 Å². The number of nitrogens with zero attached hydrogens (tertiary/aromatic N) is 2. The summed E-state index contributed by atoms with van der Waals surface area (Å²) in [5.74, 6) is 0.362. The molecule has 0 saturated heterocycles. The number of aryl methyl sites for hydroxylation is 2. The first-order chi connectivity index (χ1) is 9.86. The summed E-state index contributed by atoms with van der Waals surface area (Å²) >= 11 is 6.02. The molecule has 0 aliphatic carbocycles. The molecule has 0 aliphatic heterocycles. The Hall–Kier alpha value is -1.53. The summed E-state index contributed by atoms with van der Waals surface area (Å²) in [7, 11) is -3.75. The number of halogens is 1. The summed E-state index contributed by atoms with van der Waals surface area (Å²) in [5, 5.41) is 4.41. The fraction of sp³-hybridized carbons (Fsp3) is 0.357. The molecule has 1 aromatic carbocycles. The minimum atomic E-state index is -3.75. The van der Waals surface area contributed by atoms with E-state index in [2.05, 4.69) is 5.10 Å². The molecule has 0 atom stereocenters. The van der Waals surface area contributed by atoms with Crippen LogP contribution in [0.1, 0.15) is 24.7 Å². The number of aromatic nitrogens is 2. The van der Waals surface area contributed by atoms with E-state index in [1.54, 1.807) is 19.9 Å². The second-order valence-corrected chi connectivity index (χ2v) is 6.89. The SMILES string of the molecule is CCCOc1cc(S(=O)(=O)n2nc(C)cc2C)ccc1Cl. The van der Waals surface area contributed by atoms with Gasteiger partial charge >= 0.3 is 0 Å². The number of rotatable bonds is 5. The Kier molecular flexibility index (Phi) is 4.58. The van der Waals surface area contributed by atoms with E-state index in [0.717, 1.165) is 10.5 Å². The van der Waals surface area contributed by atoms with Crippen molar-refractivity contribution in [2.45, 2.75) is 32.1 Å². The van der Waals surface area contributed by atoms with Crippen LogP contribution in [0.3, 0.4) is 0 Å². The first kappa shape index (κ1) is 15.9. The van der Waals surface area contributed by atoms with Crippen LogP contribution in [0.4, 0.5) is 0 Å². The lowest BCUT2D eigenvalue weighted by molar-refractivity contribution is 0.317. The molecule has 0 aliphatic rings. The van der Waals surface area contributed by atoms with Crippen molar-refractivity contribution in [3.05, 3.63) is 40.7 Å². The fourth-order valence-electron chi connectivity index (χ4n) is 1.92. The Bertz CT molecular complexity index is 754. The average molecular weight is 329 g/mol. The van der Waals surface area contributed by atoms with Crippen LogP contribution in [0, 0.1) is 13.8 Å². The number of ether oxygens (including phenoxy) is 1. The number of benzene rings is 1. The smallest absolute Gasteiger partial charge is 0.283 e. The largest absolute Gasteiger partial charge is 0.492 e. The number of hydrogen-bond acceptors (Lipinski definition) is 4. The molecular formula is C14H17ClN2O3S. The highest BCUT2D eigenvalue weighted by Gasteiger charge is 2.21. The van der Waals surface area contributed by atoms with Crippen molar-refractivity contribution < 1.29 is 13.2 Å². The van der Waals surface area contributed by atoms with Crippen LogP contribution in [-0.4, -0.2) is 24.2 Å². The van der Waals surface area contributed by atoms with Gasteiger partial charge in [0, 0.05) is 6.07 Å². The molecule has 1 aromatic heterocycles. The predicted molar refractivity (Wildman–Crippen MR) is 81.5 cm³/mol.